The number of primary amides is 1. The summed E-state index contributed by atoms with van der Waals surface area (Å²) in [6.45, 7) is 3.59. The standard InChI is InChI=1S/C21H23N7O3/c22-19(29)18-20(23-13-14-1-3-16(27-30)4-2-14)25-26-21(18)24-15-5-7-17(8-6-15)28-9-11-31-12-10-28/h1-8H,9-13H2,(H2,22,29)(H3,23,24,25,26). The Morgan fingerprint density at radius 2 is 1.84 bits per heavy atom. The summed E-state index contributed by atoms with van der Waals surface area (Å²) in [6.07, 6.45) is 0. The van der Waals surface area contributed by atoms with E-state index in [2.05, 4.69) is 30.9 Å². The predicted molar refractivity (Wildman–Crippen MR) is 119 cm³/mol. The maximum absolute atomic E-state index is 12.1. The zero-order valence-corrected chi connectivity index (χ0v) is 16.8. The van der Waals surface area contributed by atoms with Gasteiger partial charge in [-0.15, -0.1) is 4.91 Å². The molecule has 10 heteroatoms. The van der Waals surface area contributed by atoms with Gasteiger partial charge >= 0.3 is 0 Å². The number of nitrogens with one attached hydrogen (secondary N) is 3. The second-order valence-corrected chi connectivity index (χ2v) is 7.07. The predicted octanol–water partition coefficient (Wildman–Crippen LogP) is 3.10. The number of nitrogens with zero attached hydrogens (tertiary/aromatic N) is 3. The van der Waals surface area contributed by atoms with Gasteiger partial charge in [-0.2, -0.15) is 5.10 Å². The summed E-state index contributed by atoms with van der Waals surface area (Å²) in [7, 11) is 0. The minimum atomic E-state index is -0.607. The van der Waals surface area contributed by atoms with Crippen molar-refractivity contribution in [3.05, 3.63) is 64.6 Å². The van der Waals surface area contributed by atoms with Gasteiger partial charge in [-0.3, -0.25) is 9.89 Å². The molecule has 0 unspecified atom stereocenters. The highest BCUT2D eigenvalue weighted by Crippen LogP contribution is 2.26. The van der Waals surface area contributed by atoms with E-state index in [1.54, 1.807) is 24.3 Å². The minimum Gasteiger partial charge on any atom is -0.378 e. The van der Waals surface area contributed by atoms with Crippen LogP contribution in [0.25, 0.3) is 0 Å². The van der Waals surface area contributed by atoms with E-state index in [0.717, 1.165) is 43.2 Å². The highest BCUT2D eigenvalue weighted by atomic mass is 16.5. The molecule has 0 spiro atoms. The van der Waals surface area contributed by atoms with Crippen molar-refractivity contribution in [1.82, 2.24) is 10.2 Å². The second kappa shape index (κ2) is 9.26. The fraction of sp³-hybridized carbons (Fsp3) is 0.238. The lowest BCUT2D eigenvalue weighted by molar-refractivity contribution is 0.100. The first-order valence-corrected chi connectivity index (χ1v) is 9.88. The van der Waals surface area contributed by atoms with Gasteiger partial charge in [0.15, 0.2) is 5.82 Å². The molecule has 1 amide bonds. The Bertz CT molecular complexity index is 1040. The molecule has 1 aromatic heterocycles. The second-order valence-electron chi connectivity index (χ2n) is 7.07. The van der Waals surface area contributed by atoms with Gasteiger partial charge in [0.05, 0.1) is 13.2 Å². The zero-order valence-electron chi connectivity index (χ0n) is 16.8. The van der Waals surface area contributed by atoms with Crippen LogP contribution in [0.15, 0.2) is 53.7 Å². The van der Waals surface area contributed by atoms with Gasteiger partial charge in [0, 0.05) is 31.0 Å². The number of H-pyrrole nitrogens is 1. The monoisotopic (exact) mass is 421 g/mol. The summed E-state index contributed by atoms with van der Waals surface area (Å²) >= 11 is 0. The van der Waals surface area contributed by atoms with Gasteiger partial charge in [0.25, 0.3) is 5.91 Å². The van der Waals surface area contributed by atoms with Gasteiger partial charge < -0.3 is 26.0 Å². The smallest absolute Gasteiger partial charge is 0.256 e. The number of ether oxygens (including phenoxy) is 1. The summed E-state index contributed by atoms with van der Waals surface area (Å²) in [5.74, 6) is 0.149. The molecular formula is C21H23N7O3. The number of nitrogens with two attached hydrogens (primary N) is 1. The molecule has 1 aliphatic rings. The van der Waals surface area contributed by atoms with E-state index >= 15 is 0 Å². The lowest BCUT2D eigenvalue weighted by Gasteiger charge is -2.28. The molecule has 3 aromatic rings. The fourth-order valence-electron chi connectivity index (χ4n) is 3.38. The van der Waals surface area contributed by atoms with Crippen LogP contribution < -0.4 is 21.3 Å². The largest absolute Gasteiger partial charge is 0.378 e. The van der Waals surface area contributed by atoms with Crippen molar-refractivity contribution >= 4 is 34.6 Å². The van der Waals surface area contributed by atoms with Crippen molar-refractivity contribution in [2.45, 2.75) is 6.54 Å². The number of carbonyl (C=O) groups excluding carboxylic acids is 1. The quantitative estimate of drug-likeness (QED) is 0.410. The first-order valence-electron chi connectivity index (χ1n) is 9.88. The highest BCUT2D eigenvalue weighted by Gasteiger charge is 2.19. The lowest BCUT2D eigenvalue weighted by atomic mass is 10.2. The van der Waals surface area contributed by atoms with Crippen LogP contribution in [-0.2, 0) is 11.3 Å². The van der Waals surface area contributed by atoms with Crippen LogP contribution in [0.4, 0.5) is 28.7 Å². The molecule has 0 aliphatic carbocycles. The number of rotatable bonds is 8. The Labute approximate surface area is 178 Å². The number of aromatic amines is 1. The molecule has 1 fully saturated rings. The molecule has 0 saturated carbocycles. The number of hydrogen-bond donors (Lipinski definition) is 4. The average Bonchev–Trinajstić information content (AvgIpc) is 3.22. The summed E-state index contributed by atoms with van der Waals surface area (Å²) in [5, 5.41) is 16.2. The maximum atomic E-state index is 12.1. The van der Waals surface area contributed by atoms with Crippen LogP contribution in [0.5, 0.6) is 0 Å². The third-order valence-corrected chi connectivity index (χ3v) is 5.03. The first-order chi connectivity index (χ1) is 15.1. The number of anilines is 4. The lowest BCUT2D eigenvalue weighted by Crippen LogP contribution is -2.36. The van der Waals surface area contributed by atoms with Crippen molar-refractivity contribution in [2.75, 3.05) is 41.8 Å². The summed E-state index contributed by atoms with van der Waals surface area (Å²) in [5.41, 5.74) is 9.00. The summed E-state index contributed by atoms with van der Waals surface area (Å²) in [6, 6.07) is 14.7. The Hall–Kier alpha value is -3.92. The molecule has 2 aromatic carbocycles. The van der Waals surface area contributed by atoms with Crippen LogP contribution in [0.3, 0.4) is 0 Å². The van der Waals surface area contributed by atoms with E-state index in [9.17, 15) is 9.70 Å². The number of aromatic nitrogens is 2. The zero-order chi connectivity index (χ0) is 21.6. The Morgan fingerprint density at radius 3 is 2.48 bits per heavy atom. The van der Waals surface area contributed by atoms with E-state index in [4.69, 9.17) is 10.5 Å². The third kappa shape index (κ3) is 4.81. The van der Waals surface area contributed by atoms with Crippen molar-refractivity contribution in [2.24, 2.45) is 10.9 Å². The molecule has 10 nitrogen and oxygen atoms in total. The third-order valence-electron chi connectivity index (χ3n) is 5.03. The van der Waals surface area contributed by atoms with Crippen LogP contribution in [0.2, 0.25) is 0 Å². The molecule has 5 N–H and O–H groups in total. The average molecular weight is 421 g/mol. The van der Waals surface area contributed by atoms with E-state index in [0.29, 0.717) is 23.9 Å². The topological polar surface area (TPSA) is 138 Å². The number of morpholine rings is 1. The molecule has 0 radical (unpaired) electrons. The van der Waals surface area contributed by atoms with Gasteiger partial charge in [-0.1, -0.05) is 12.1 Å². The first kappa shape index (κ1) is 20.4. The van der Waals surface area contributed by atoms with Crippen LogP contribution in [0, 0.1) is 4.91 Å². The van der Waals surface area contributed by atoms with Crippen LogP contribution in [0.1, 0.15) is 15.9 Å². The SMILES string of the molecule is NC(=O)c1c(Nc2ccc(N3CCOCC3)cc2)n[nH]c1NCc1ccc(N=O)cc1. The number of carbonyl (C=O) groups is 1. The summed E-state index contributed by atoms with van der Waals surface area (Å²) in [4.78, 5) is 24.9. The number of amides is 1. The Balaban J connectivity index is 1.45. The van der Waals surface area contributed by atoms with Crippen molar-refractivity contribution in [1.29, 1.82) is 0 Å². The van der Waals surface area contributed by atoms with Crippen molar-refractivity contribution < 1.29 is 9.53 Å². The van der Waals surface area contributed by atoms with Crippen molar-refractivity contribution in [3.8, 4) is 0 Å². The molecular weight excluding hydrogens is 398 g/mol. The Morgan fingerprint density at radius 1 is 1.13 bits per heavy atom. The molecule has 1 aliphatic heterocycles. The molecule has 0 bridgehead atoms. The molecule has 31 heavy (non-hydrogen) atoms. The van der Waals surface area contributed by atoms with Gasteiger partial charge in [-0.05, 0) is 47.1 Å². The molecule has 0 atom stereocenters. The van der Waals surface area contributed by atoms with Crippen LogP contribution >= 0.6 is 0 Å². The minimum absolute atomic E-state index is 0.239. The molecule has 2 heterocycles. The summed E-state index contributed by atoms with van der Waals surface area (Å²) < 4.78 is 5.39. The van der Waals surface area contributed by atoms with E-state index < -0.39 is 5.91 Å². The molecule has 4 rings (SSSR count). The normalized spacial score (nSPS) is 13.6. The number of nitroso groups, excluding NO2 is 1. The van der Waals surface area contributed by atoms with E-state index in [1.807, 2.05) is 24.3 Å². The van der Waals surface area contributed by atoms with E-state index in [1.165, 1.54) is 0 Å². The Kier molecular flexibility index (Phi) is 6.08. The van der Waals surface area contributed by atoms with Gasteiger partial charge in [0.2, 0.25) is 0 Å². The number of hydrogen-bond acceptors (Lipinski definition) is 8. The van der Waals surface area contributed by atoms with Gasteiger partial charge in [-0.25, -0.2) is 0 Å². The fourth-order valence-corrected chi connectivity index (χ4v) is 3.38. The maximum Gasteiger partial charge on any atom is 0.256 e. The van der Waals surface area contributed by atoms with Gasteiger partial charge in [0.1, 0.15) is 17.1 Å². The van der Waals surface area contributed by atoms with Crippen LogP contribution in [-0.4, -0.2) is 42.4 Å². The molecule has 160 valence electrons. The highest BCUT2D eigenvalue weighted by molar-refractivity contribution is 6.03. The molecule has 1 saturated heterocycles. The number of benzene rings is 2. The van der Waals surface area contributed by atoms with E-state index in [-0.39, 0.29) is 5.56 Å². The van der Waals surface area contributed by atoms with Crippen molar-refractivity contribution in [3.63, 3.8) is 0 Å².